The monoisotopic (exact) mass is 532 g/mol. The lowest BCUT2D eigenvalue weighted by Gasteiger charge is -2.14. The van der Waals surface area contributed by atoms with Crippen LogP contribution in [0.25, 0.3) is 55.3 Å². The summed E-state index contributed by atoms with van der Waals surface area (Å²) >= 11 is 0. The fourth-order valence-corrected chi connectivity index (χ4v) is 4.76. The fraction of sp³-hybridized carbons (Fsp3) is 0.0625. The van der Waals surface area contributed by atoms with E-state index in [2.05, 4.69) is 6.07 Å². The quantitative estimate of drug-likeness (QED) is 0.207. The molecular weight excluding hydrogens is 514 g/mol. The third-order valence-electron chi connectivity index (χ3n) is 6.71. The number of para-hydroxylation sites is 1. The number of rotatable bonds is 3. The van der Waals surface area contributed by atoms with E-state index in [1.807, 2.05) is 60.7 Å². The number of furan rings is 1. The first kappa shape index (κ1) is 24.8. The van der Waals surface area contributed by atoms with Crippen molar-refractivity contribution in [2.24, 2.45) is 0 Å². The third-order valence-corrected chi connectivity index (χ3v) is 6.71. The molecule has 7 heteroatoms. The van der Waals surface area contributed by atoms with Crippen molar-refractivity contribution in [2.75, 3.05) is 0 Å². The van der Waals surface area contributed by atoms with E-state index in [9.17, 15) is 26.3 Å². The number of halogens is 6. The minimum Gasteiger partial charge on any atom is -0.456 e. The van der Waals surface area contributed by atoms with Crippen molar-refractivity contribution < 1.29 is 30.8 Å². The molecule has 0 amide bonds. The molecule has 39 heavy (non-hydrogen) atoms. The lowest BCUT2D eigenvalue weighted by Crippen LogP contribution is -2.11. The van der Waals surface area contributed by atoms with Gasteiger partial charge in [0.15, 0.2) is 0 Å². The second kappa shape index (κ2) is 9.05. The third kappa shape index (κ3) is 4.76. The van der Waals surface area contributed by atoms with Crippen LogP contribution in [0.15, 0.2) is 114 Å². The molecule has 1 nitrogen and oxygen atoms in total. The van der Waals surface area contributed by atoms with Crippen molar-refractivity contribution in [1.29, 1.82) is 0 Å². The highest BCUT2D eigenvalue weighted by Gasteiger charge is 2.37. The van der Waals surface area contributed by atoms with Crippen molar-refractivity contribution in [2.45, 2.75) is 12.4 Å². The number of alkyl halides is 6. The summed E-state index contributed by atoms with van der Waals surface area (Å²) in [5, 5.41) is 2.02. The summed E-state index contributed by atoms with van der Waals surface area (Å²) in [6.45, 7) is 0. The lowest BCUT2D eigenvalue weighted by atomic mass is 9.95. The van der Waals surface area contributed by atoms with E-state index in [4.69, 9.17) is 4.42 Å². The van der Waals surface area contributed by atoms with E-state index >= 15 is 0 Å². The van der Waals surface area contributed by atoms with Gasteiger partial charge in [-0.3, -0.25) is 0 Å². The van der Waals surface area contributed by atoms with E-state index in [0.29, 0.717) is 0 Å². The van der Waals surface area contributed by atoms with Gasteiger partial charge in [-0.1, -0.05) is 66.7 Å². The van der Waals surface area contributed by atoms with Gasteiger partial charge < -0.3 is 4.42 Å². The Morgan fingerprint density at radius 2 is 0.897 bits per heavy atom. The molecule has 5 aromatic carbocycles. The minimum absolute atomic E-state index is 0.132. The van der Waals surface area contributed by atoms with Crippen LogP contribution in [0.4, 0.5) is 26.3 Å². The predicted molar refractivity (Wildman–Crippen MR) is 140 cm³/mol. The summed E-state index contributed by atoms with van der Waals surface area (Å²) in [5.74, 6) is 0. The second-order valence-electron chi connectivity index (χ2n) is 9.26. The van der Waals surface area contributed by atoms with Crippen LogP contribution in [-0.2, 0) is 12.4 Å². The maximum Gasteiger partial charge on any atom is 0.416 e. The summed E-state index contributed by atoms with van der Waals surface area (Å²) in [7, 11) is 0. The van der Waals surface area contributed by atoms with E-state index in [0.717, 1.165) is 56.3 Å². The van der Waals surface area contributed by atoms with Gasteiger partial charge in [0.1, 0.15) is 11.2 Å². The van der Waals surface area contributed by atoms with Crippen LogP contribution in [-0.4, -0.2) is 0 Å². The Kier molecular flexibility index (Phi) is 5.75. The smallest absolute Gasteiger partial charge is 0.416 e. The van der Waals surface area contributed by atoms with Crippen molar-refractivity contribution in [3.05, 3.63) is 120 Å². The highest BCUT2D eigenvalue weighted by atomic mass is 19.4. The molecule has 0 unspecified atom stereocenters. The van der Waals surface area contributed by atoms with E-state index in [-0.39, 0.29) is 17.2 Å². The Bertz CT molecular complexity index is 1790. The molecule has 0 spiro atoms. The number of benzene rings is 5. The van der Waals surface area contributed by atoms with E-state index in [1.165, 1.54) is 12.1 Å². The molecule has 0 saturated carbocycles. The van der Waals surface area contributed by atoms with Crippen LogP contribution in [0.3, 0.4) is 0 Å². The number of hydrogen-bond donors (Lipinski definition) is 0. The Hall–Kier alpha value is -4.52. The summed E-state index contributed by atoms with van der Waals surface area (Å²) < 4.78 is 85.6. The predicted octanol–water partition coefficient (Wildman–Crippen LogP) is 10.6. The van der Waals surface area contributed by atoms with Gasteiger partial charge in [0.05, 0.1) is 11.1 Å². The van der Waals surface area contributed by atoms with Crippen LogP contribution in [0.5, 0.6) is 0 Å². The zero-order valence-corrected chi connectivity index (χ0v) is 20.1. The molecule has 0 atom stereocenters. The Morgan fingerprint density at radius 3 is 1.54 bits per heavy atom. The molecule has 1 aromatic heterocycles. The highest BCUT2D eigenvalue weighted by molar-refractivity contribution is 6.06. The van der Waals surface area contributed by atoms with Crippen molar-refractivity contribution >= 4 is 21.9 Å². The lowest BCUT2D eigenvalue weighted by molar-refractivity contribution is -0.143. The molecule has 0 saturated heterocycles. The highest BCUT2D eigenvalue weighted by Crippen LogP contribution is 2.39. The zero-order chi connectivity index (χ0) is 27.4. The maximum absolute atomic E-state index is 13.3. The first-order valence-electron chi connectivity index (χ1n) is 12.0. The van der Waals surface area contributed by atoms with Gasteiger partial charge in [-0.05, 0) is 75.8 Å². The van der Waals surface area contributed by atoms with Crippen LogP contribution in [0.1, 0.15) is 11.1 Å². The number of hydrogen-bond acceptors (Lipinski definition) is 1. The van der Waals surface area contributed by atoms with Crippen LogP contribution < -0.4 is 0 Å². The van der Waals surface area contributed by atoms with Crippen molar-refractivity contribution in [3.8, 4) is 33.4 Å². The molecule has 0 bridgehead atoms. The molecule has 1 heterocycles. The molecule has 0 aliphatic rings. The molecular formula is C32H18F6O. The van der Waals surface area contributed by atoms with Crippen LogP contribution in [0, 0.1) is 0 Å². The molecule has 0 aliphatic carbocycles. The Morgan fingerprint density at radius 1 is 0.385 bits per heavy atom. The standard InChI is InChI=1S/C32H18F6O/c33-31(34,35)25-15-24(16-26(18-25)32(36,37)38)20-10-8-19(9-11-20)21-4-3-5-22(14-21)23-12-13-30-28(17-23)27-6-1-2-7-29(27)39-30/h1-18H. The topological polar surface area (TPSA) is 13.1 Å². The minimum atomic E-state index is -4.90. The SMILES string of the molecule is FC(F)(F)c1cc(-c2ccc(-c3cccc(-c4ccc5oc6ccccc6c5c4)c3)cc2)cc(C(F)(F)F)c1. The first-order chi connectivity index (χ1) is 18.6. The van der Waals surface area contributed by atoms with Crippen LogP contribution >= 0.6 is 0 Å². The van der Waals surface area contributed by atoms with Gasteiger partial charge in [0.25, 0.3) is 0 Å². The van der Waals surface area contributed by atoms with E-state index < -0.39 is 23.5 Å². The van der Waals surface area contributed by atoms with Gasteiger partial charge in [-0.25, -0.2) is 0 Å². The zero-order valence-electron chi connectivity index (χ0n) is 20.1. The fourth-order valence-electron chi connectivity index (χ4n) is 4.76. The average molecular weight is 532 g/mol. The Labute approximate surface area is 218 Å². The normalized spacial score (nSPS) is 12.4. The molecule has 6 aromatic rings. The summed E-state index contributed by atoms with van der Waals surface area (Å²) in [6.07, 6.45) is -9.80. The van der Waals surface area contributed by atoms with Gasteiger partial charge in [-0.15, -0.1) is 0 Å². The van der Waals surface area contributed by atoms with Crippen molar-refractivity contribution in [3.63, 3.8) is 0 Å². The molecule has 0 aliphatic heterocycles. The second-order valence-corrected chi connectivity index (χ2v) is 9.26. The average Bonchev–Trinajstić information content (AvgIpc) is 3.30. The van der Waals surface area contributed by atoms with Gasteiger partial charge >= 0.3 is 12.4 Å². The molecule has 0 N–H and O–H groups in total. The molecule has 194 valence electrons. The number of fused-ring (bicyclic) bond motifs is 3. The molecule has 6 rings (SSSR count). The van der Waals surface area contributed by atoms with E-state index in [1.54, 1.807) is 12.1 Å². The van der Waals surface area contributed by atoms with Gasteiger partial charge in [0, 0.05) is 10.8 Å². The largest absolute Gasteiger partial charge is 0.456 e. The molecule has 0 fully saturated rings. The summed E-state index contributed by atoms with van der Waals surface area (Å²) in [6, 6.07) is 29.6. The maximum atomic E-state index is 13.3. The Balaban J connectivity index is 1.35. The van der Waals surface area contributed by atoms with Crippen LogP contribution in [0.2, 0.25) is 0 Å². The van der Waals surface area contributed by atoms with Gasteiger partial charge in [0.2, 0.25) is 0 Å². The summed E-state index contributed by atoms with van der Waals surface area (Å²) in [5.41, 5.74) is 2.58. The first-order valence-corrected chi connectivity index (χ1v) is 12.0. The summed E-state index contributed by atoms with van der Waals surface area (Å²) in [4.78, 5) is 0. The molecule has 0 radical (unpaired) electrons. The van der Waals surface area contributed by atoms with Gasteiger partial charge in [-0.2, -0.15) is 26.3 Å². The van der Waals surface area contributed by atoms with Crippen molar-refractivity contribution in [1.82, 2.24) is 0 Å².